The topological polar surface area (TPSA) is 95.1 Å². The maximum Gasteiger partial charge on any atom is 0.335 e. The molecule has 0 aliphatic rings. The molecule has 0 atom stereocenters. The average molecular weight is 259 g/mol. The minimum Gasteiger partial charge on any atom is -0.478 e. The van der Waals surface area contributed by atoms with Crippen molar-refractivity contribution in [2.75, 3.05) is 5.32 Å². The van der Waals surface area contributed by atoms with E-state index in [1.54, 1.807) is 32.0 Å². The largest absolute Gasteiger partial charge is 0.478 e. The number of H-pyrrole nitrogens is 1. The van der Waals surface area contributed by atoms with Gasteiger partial charge in [-0.2, -0.15) is 5.10 Å². The molecule has 6 heteroatoms. The van der Waals surface area contributed by atoms with Crippen LogP contribution in [-0.2, 0) is 0 Å². The first-order chi connectivity index (χ1) is 8.97. The highest BCUT2D eigenvalue weighted by molar-refractivity contribution is 6.03. The van der Waals surface area contributed by atoms with E-state index in [0.717, 1.165) is 5.69 Å². The second kappa shape index (κ2) is 4.93. The lowest BCUT2D eigenvalue weighted by Crippen LogP contribution is -2.13. The van der Waals surface area contributed by atoms with Crippen LogP contribution in [-0.4, -0.2) is 27.2 Å². The minimum absolute atomic E-state index is 0.216. The number of carbonyl (C=O) groups excluding carboxylic acids is 1. The van der Waals surface area contributed by atoms with Crippen molar-refractivity contribution in [3.05, 3.63) is 46.8 Å². The third kappa shape index (κ3) is 2.79. The van der Waals surface area contributed by atoms with Gasteiger partial charge in [0.1, 0.15) is 0 Å². The molecule has 0 aliphatic heterocycles. The van der Waals surface area contributed by atoms with Gasteiger partial charge in [0.15, 0.2) is 5.69 Å². The maximum atomic E-state index is 11.8. The third-order valence-electron chi connectivity index (χ3n) is 2.65. The molecular weight excluding hydrogens is 246 g/mol. The van der Waals surface area contributed by atoms with E-state index in [0.29, 0.717) is 11.3 Å². The molecule has 1 amide bonds. The van der Waals surface area contributed by atoms with Gasteiger partial charge in [0, 0.05) is 11.4 Å². The van der Waals surface area contributed by atoms with Gasteiger partial charge in [-0.3, -0.25) is 9.89 Å². The van der Waals surface area contributed by atoms with Crippen LogP contribution in [0.25, 0.3) is 0 Å². The Morgan fingerprint density at radius 3 is 2.53 bits per heavy atom. The first kappa shape index (κ1) is 12.8. The average Bonchev–Trinajstić information content (AvgIpc) is 2.75. The van der Waals surface area contributed by atoms with Gasteiger partial charge >= 0.3 is 5.97 Å². The Balaban J connectivity index is 2.18. The number of carbonyl (C=O) groups is 2. The van der Waals surface area contributed by atoms with Crippen LogP contribution in [0, 0.1) is 13.8 Å². The number of carboxylic acid groups (broad SMARTS) is 1. The Kier molecular flexibility index (Phi) is 3.33. The van der Waals surface area contributed by atoms with Crippen molar-refractivity contribution in [3.8, 4) is 0 Å². The molecule has 0 radical (unpaired) electrons. The Bertz CT molecular complexity index is 646. The quantitative estimate of drug-likeness (QED) is 0.785. The summed E-state index contributed by atoms with van der Waals surface area (Å²) in [6.07, 6.45) is 0. The predicted octanol–water partition coefficient (Wildman–Crippen LogP) is 1.98. The Labute approximate surface area is 109 Å². The van der Waals surface area contributed by atoms with Crippen LogP contribution in [0.4, 0.5) is 5.69 Å². The Morgan fingerprint density at radius 1 is 1.26 bits per heavy atom. The number of anilines is 1. The van der Waals surface area contributed by atoms with Crippen LogP contribution >= 0.6 is 0 Å². The van der Waals surface area contributed by atoms with Crippen LogP contribution in [0.3, 0.4) is 0 Å². The van der Waals surface area contributed by atoms with Crippen molar-refractivity contribution in [3.63, 3.8) is 0 Å². The van der Waals surface area contributed by atoms with Crippen molar-refractivity contribution in [2.45, 2.75) is 13.8 Å². The number of benzene rings is 1. The predicted molar refractivity (Wildman–Crippen MR) is 69.4 cm³/mol. The first-order valence-electron chi connectivity index (χ1n) is 5.64. The lowest BCUT2D eigenvalue weighted by atomic mass is 10.1. The molecule has 19 heavy (non-hydrogen) atoms. The van der Waals surface area contributed by atoms with E-state index in [2.05, 4.69) is 15.5 Å². The van der Waals surface area contributed by atoms with Crippen LogP contribution in [0.1, 0.15) is 32.1 Å². The number of aromatic carboxylic acids is 1. The van der Waals surface area contributed by atoms with Crippen molar-refractivity contribution in [2.24, 2.45) is 0 Å². The molecule has 3 N–H and O–H groups in total. The lowest BCUT2D eigenvalue weighted by molar-refractivity contribution is 0.0696. The summed E-state index contributed by atoms with van der Waals surface area (Å²) in [5, 5.41) is 18.1. The number of nitrogens with one attached hydrogen (secondary N) is 2. The van der Waals surface area contributed by atoms with Crippen LogP contribution < -0.4 is 5.32 Å². The molecular formula is C13H13N3O3. The number of rotatable bonds is 3. The molecule has 0 unspecified atom stereocenters. The summed E-state index contributed by atoms with van der Waals surface area (Å²) < 4.78 is 0. The SMILES string of the molecule is Cc1cc(C(=O)Nc2ccc(C(=O)O)c(C)c2)n[nH]1. The molecule has 1 heterocycles. The molecule has 0 spiro atoms. The molecule has 0 saturated heterocycles. The zero-order chi connectivity index (χ0) is 14.0. The molecule has 1 aromatic carbocycles. The fourth-order valence-corrected chi connectivity index (χ4v) is 1.71. The smallest absolute Gasteiger partial charge is 0.335 e. The maximum absolute atomic E-state index is 11.8. The van der Waals surface area contributed by atoms with Gasteiger partial charge in [0.2, 0.25) is 0 Å². The van der Waals surface area contributed by atoms with E-state index in [-0.39, 0.29) is 17.2 Å². The number of hydrogen-bond donors (Lipinski definition) is 3. The summed E-state index contributed by atoms with van der Waals surface area (Å²) in [5.74, 6) is -1.33. The summed E-state index contributed by atoms with van der Waals surface area (Å²) in [6.45, 7) is 3.48. The van der Waals surface area contributed by atoms with E-state index in [1.807, 2.05) is 0 Å². The molecule has 0 saturated carbocycles. The number of aryl methyl sites for hydroxylation is 2. The molecule has 98 valence electrons. The zero-order valence-electron chi connectivity index (χ0n) is 10.5. The number of carboxylic acids is 1. The molecule has 2 aromatic rings. The van der Waals surface area contributed by atoms with Crippen molar-refractivity contribution < 1.29 is 14.7 Å². The lowest BCUT2D eigenvalue weighted by Gasteiger charge is -2.06. The minimum atomic E-state index is -0.988. The van der Waals surface area contributed by atoms with Crippen molar-refractivity contribution >= 4 is 17.6 Å². The van der Waals surface area contributed by atoms with Crippen LogP contribution in [0.5, 0.6) is 0 Å². The first-order valence-corrected chi connectivity index (χ1v) is 5.64. The third-order valence-corrected chi connectivity index (χ3v) is 2.65. The second-order valence-corrected chi connectivity index (χ2v) is 4.23. The number of aromatic amines is 1. The Morgan fingerprint density at radius 2 is 2.00 bits per heavy atom. The van der Waals surface area contributed by atoms with Gasteiger partial charge in [-0.1, -0.05) is 0 Å². The number of nitrogens with zero attached hydrogens (tertiary/aromatic N) is 1. The summed E-state index contributed by atoms with van der Waals surface area (Å²) in [7, 11) is 0. The highest BCUT2D eigenvalue weighted by Crippen LogP contribution is 2.16. The molecule has 2 rings (SSSR count). The van der Waals surface area contributed by atoms with Crippen LogP contribution in [0.15, 0.2) is 24.3 Å². The van der Waals surface area contributed by atoms with Crippen molar-refractivity contribution in [1.82, 2.24) is 10.2 Å². The Hall–Kier alpha value is -2.63. The highest BCUT2D eigenvalue weighted by Gasteiger charge is 2.11. The second-order valence-electron chi connectivity index (χ2n) is 4.23. The van der Waals surface area contributed by atoms with E-state index in [1.165, 1.54) is 6.07 Å². The van der Waals surface area contributed by atoms with E-state index >= 15 is 0 Å². The summed E-state index contributed by atoms with van der Waals surface area (Å²) in [5.41, 5.74) is 2.42. The fourth-order valence-electron chi connectivity index (χ4n) is 1.71. The van der Waals surface area contributed by atoms with E-state index in [9.17, 15) is 9.59 Å². The van der Waals surface area contributed by atoms with E-state index < -0.39 is 5.97 Å². The number of amides is 1. The van der Waals surface area contributed by atoms with E-state index in [4.69, 9.17) is 5.11 Å². The van der Waals surface area contributed by atoms with Gasteiger partial charge in [0.05, 0.1) is 5.56 Å². The zero-order valence-corrected chi connectivity index (χ0v) is 10.5. The van der Waals surface area contributed by atoms with Gasteiger partial charge in [-0.15, -0.1) is 0 Å². The normalized spacial score (nSPS) is 10.2. The van der Waals surface area contributed by atoms with Gasteiger partial charge < -0.3 is 10.4 Å². The summed E-state index contributed by atoms with van der Waals surface area (Å²) >= 11 is 0. The summed E-state index contributed by atoms with van der Waals surface area (Å²) in [4.78, 5) is 22.7. The van der Waals surface area contributed by atoms with Crippen LogP contribution in [0.2, 0.25) is 0 Å². The van der Waals surface area contributed by atoms with Crippen molar-refractivity contribution in [1.29, 1.82) is 0 Å². The number of aromatic nitrogens is 2. The number of hydrogen-bond acceptors (Lipinski definition) is 3. The molecule has 6 nitrogen and oxygen atoms in total. The van der Waals surface area contributed by atoms with Gasteiger partial charge in [-0.05, 0) is 43.7 Å². The molecule has 0 aliphatic carbocycles. The molecule has 0 fully saturated rings. The fraction of sp³-hybridized carbons (Fsp3) is 0.154. The monoisotopic (exact) mass is 259 g/mol. The summed E-state index contributed by atoms with van der Waals surface area (Å²) in [6, 6.07) is 6.26. The standard InChI is InChI=1S/C13H13N3O3/c1-7-5-9(3-4-10(7)13(18)19)14-12(17)11-6-8(2)15-16-11/h3-6H,1-2H3,(H,14,17)(H,15,16)(H,18,19). The van der Waals surface area contributed by atoms with Gasteiger partial charge in [-0.25, -0.2) is 4.79 Å². The van der Waals surface area contributed by atoms with Gasteiger partial charge in [0.25, 0.3) is 5.91 Å². The molecule has 0 bridgehead atoms. The highest BCUT2D eigenvalue weighted by atomic mass is 16.4. The molecule has 1 aromatic heterocycles.